The molecule has 1 heterocycles. The van der Waals surface area contributed by atoms with Gasteiger partial charge in [0, 0.05) is 11.1 Å². The number of hydrogen-bond acceptors (Lipinski definition) is 4. The standard InChI is InChI=1S/C13H15ClFN3S/c1-3-11-13(19-18-17-11)12(16-2)6-8-4-5-9(15)7-10(8)14/h4-5,7,12,16H,3,6H2,1-2H3. The van der Waals surface area contributed by atoms with Crippen molar-refractivity contribution in [2.45, 2.75) is 25.8 Å². The Hall–Kier alpha value is -1.04. The Balaban J connectivity index is 2.24. The molecular formula is C13H15ClFN3S. The maximum absolute atomic E-state index is 13.0. The second-order valence-electron chi connectivity index (χ2n) is 4.22. The van der Waals surface area contributed by atoms with Crippen molar-refractivity contribution >= 4 is 23.1 Å². The molecule has 1 N–H and O–H groups in total. The smallest absolute Gasteiger partial charge is 0.124 e. The van der Waals surface area contributed by atoms with Crippen LogP contribution in [-0.4, -0.2) is 16.6 Å². The Labute approximate surface area is 121 Å². The van der Waals surface area contributed by atoms with Crippen LogP contribution in [0.4, 0.5) is 4.39 Å². The summed E-state index contributed by atoms with van der Waals surface area (Å²) in [6.45, 7) is 2.05. The summed E-state index contributed by atoms with van der Waals surface area (Å²) < 4.78 is 17.0. The monoisotopic (exact) mass is 299 g/mol. The lowest BCUT2D eigenvalue weighted by Crippen LogP contribution is -2.19. The predicted octanol–water partition coefficient (Wildman–Crippen LogP) is 3.40. The Morgan fingerprint density at radius 1 is 1.47 bits per heavy atom. The van der Waals surface area contributed by atoms with Crippen molar-refractivity contribution in [3.8, 4) is 0 Å². The number of aryl methyl sites for hydroxylation is 1. The summed E-state index contributed by atoms with van der Waals surface area (Å²) in [4.78, 5) is 1.12. The average molecular weight is 300 g/mol. The third-order valence-electron chi connectivity index (χ3n) is 3.02. The first-order valence-corrected chi connectivity index (χ1v) is 7.23. The first-order chi connectivity index (χ1) is 9.15. The lowest BCUT2D eigenvalue weighted by molar-refractivity contribution is 0.592. The highest BCUT2D eigenvalue weighted by molar-refractivity contribution is 7.05. The van der Waals surface area contributed by atoms with E-state index in [1.807, 2.05) is 7.05 Å². The zero-order valence-corrected chi connectivity index (χ0v) is 12.4. The maximum atomic E-state index is 13.0. The van der Waals surface area contributed by atoms with Gasteiger partial charge in [-0.15, -0.1) is 5.10 Å². The van der Waals surface area contributed by atoms with Crippen molar-refractivity contribution in [2.75, 3.05) is 7.05 Å². The van der Waals surface area contributed by atoms with Crippen LogP contribution in [0.15, 0.2) is 18.2 Å². The third-order valence-corrected chi connectivity index (χ3v) is 4.26. The van der Waals surface area contributed by atoms with Crippen molar-refractivity contribution in [2.24, 2.45) is 0 Å². The van der Waals surface area contributed by atoms with Crippen LogP contribution in [0.2, 0.25) is 5.02 Å². The largest absolute Gasteiger partial charge is 0.312 e. The molecule has 0 fully saturated rings. The van der Waals surface area contributed by atoms with Gasteiger partial charge in [-0.2, -0.15) is 0 Å². The molecule has 0 saturated carbocycles. The molecule has 1 atom stereocenters. The van der Waals surface area contributed by atoms with E-state index in [1.165, 1.54) is 23.7 Å². The fourth-order valence-corrected chi connectivity index (χ4v) is 3.05. The van der Waals surface area contributed by atoms with E-state index in [1.54, 1.807) is 6.07 Å². The molecule has 1 aromatic heterocycles. The van der Waals surface area contributed by atoms with Crippen LogP contribution in [0.1, 0.15) is 29.1 Å². The van der Waals surface area contributed by atoms with Gasteiger partial charge in [-0.3, -0.25) is 0 Å². The first kappa shape index (κ1) is 14.4. The molecular weight excluding hydrogens is 285 g/mol. The second-order valence-corrected chi connectivity index (χ2v) is 5.41. The molecule has 102 valence electrons. The van der Waals surface area contributed by atoms with Crippen LogP contribution in [0.3, 0.4) is 0 Å². The fraction of sp³-hybridized carbons (Fsp3) is 0.385. The minimum atomic E-state index is -0.316. The van der Waals surface area contributed by atoms with Gasteiger partial charge in [0.1, 0.15) is 5.82 Å². The van der Waals surface area contributed by atoms with Gasteiger partial charge < -0.3 is 5.32 Å². The van der Waals surface area contributed by atoms with Crippen molar-refractivity contribution < 1.29 is 4.39 Å². The summed E-state index contributed by atoms with van der Waals surface area (Å²) in [5, 5.41) is 7.82. The minimum absolute atomic E-state index is 0.0953. The van der Waals surface area contributed by atoms with E-state index in [2.05, 4.69) is 21.8 Å². The highest BCUT2D eigenvalue weighted by atomic mass is 35.5. The molecule has 0 saturated heterocycles. The Kier molecular flexibility index (Phi) is 4.85. The summed E-state index contributed by atoms with van der Waals surface area (Å²) in [6.07, 6.45) is 1.54. The minimum Gasteiger partial charge on any atom is -0.312 e. The number of aromatic nitrogens is 2. The van der Waals surface area contributed by atoms with E-state index in [0.717, 1.165) is 22.6 Å². The lowest BCUT2D eigenvalue weighted by Gasteiger charge is -2.16. The Bertz CT molecular complexity index is 559. The van der Waals surface area contributed by atoms with E-state index < -0.39 is 0 Å². The van der Waals surface area contributed by atoms with Crippen molar-refractivity contribution in [1.29, 1.82) is 0 Å². The van der Waals surface area contributed by atoms with Crippen LogP contribution >= 0.6 is 23.1 Å². The number of benzene rings is 1. The number of likely N-dealkylation sites (N-methyl/N-ethyl adjacent to an activating group) is 1. The predicted molar refractivity (Wildman–Crippen MR) is 76.2 cm³/mol. The first-order valence-electron chi connectivity index (χ1n) is 6.08. The highest BCUT2D eigenvalue weighted by Gasteiger charge is 2.18. The van der Waals surface area contributed by atoms with Gasteiger partial charge in [0.25, 0.3) is 0 Å². The van der Waals surface area contributed by atoms with Gasteiger partial charge in [0.2, 0.25) is 0 Å². The van der Waals surface area contributed by atoms with Gasteiger partial charge in [-0.1, -0.05) is 29.1 Å². The number of nitrogens with one attached hydrogen (secondary N) is 1. The number of hydrogen-bond donors (Lipinski definition) is 1. The molecule has 0 bridgehead atoms. The lowest BCUT2D eigenvalue weighted by atomic mass is 10.0. The van der Waals surface area contributed by atoms with Gasteiger partial charge in [0.15, 0.2) is 0 Å². The molecule has 0 aliphatic rings. The van der Waals surface area contributed by atoms with Crippen molar-refractivity contribution in [3.05, 3.63) is 45.2 Å². The Morgan fingerprint density at radius 2 is 2.26 bits per heavy atom. The topological polar surface area (TPSA) is 37.8 Å². The third kappa shape index (κ3) is 3.29. The van der Waals surface area contributed by atoms with Crippen LogP contribution in [0.5, 0.6) is 0 Å². The summed E-state index contributed by atoms with van der Waals surface area (Å²) in [5.41, 5.74) is 1.92. The van der Waals surface area contributed by atoms with Gasteiger partial charge in [0.05, 0.1) is 10.6 Å². The van der Waals surface area contributed by atoms with E-state index >= 15 is 0 Å². The van der Waals surface area contributed by atoms with Gasteiger partial charge in [-0.05, 0) is 49.1 Å². The SMILES string of the molecule is CCc1nnsc1C(Cc1ccc(F)cc1Cl)NC. The second kappa shape index (κ2) is 6.41. The summed E-state index contributed by atoms with van der Waals surface area (Å²) >= 11 is 7.46. The van der Waals surface area contributed by atoms with Crippen LogP contribution in [-0.2, 0) is 12.8 Å². The normalized spacial score (nSPS) is 12.6. The van der Waals surface area contributed by atoms with Crippen molar-refractivity contribution in [1.82, 2.24) is 14.9 Å². The van der Waals surface area contributed by atoms with Crippen LogP contribution in [0.25, 0.3) is 0 Å². The van der Waals surface area contributed by atoms with E-state index in [-0.39, 0.29) is 11.9 Å². The maximum Gasteiger partial charge on any atom is 0.124 e. The molecule has 0 spiro atoms. The quantitative estimate of drug-likeness (QED) is 0.919. The fourth-order valence-electron chi connectivity index (χ4n) is 1.96. The van der Waals surface area contributed by atoms with E-state index in [9.17, 15) is 4.39 Å². The molecule has 2 aromatic rings. The van der Waals surface area contributed by atoms with Gasteiger partial charge in [-0.25, -0.2) is 4.39 Å². The summed E-state index contributed by atoms with van der Waals surface area (Å²) in [7, 11) is 1.89. The summed E-state index contributed by atoms with van der Waals surface area (Å²) in [6, 6.07) is 4.59. The molecule has 2 rings (SSSR count). The molecule has 0 amide bonds. The van der Waals surface area contributed by atoms with E-state index in [4.69, 9.17) is 11.6 Å². The zero-order valence-electron chi connectivity index (χ0n) is 10.8. The summed E-state index contributed by atoms with van der Waals surface area (Å²) in [5.74, 6) is -0.316. The van der Waals surface area contributed by atoms with E-state index in [0.29, 0.717) is 11.4 Å². The molecule has 6 heteroatoms. The zero-order chi connectivity index (χ0) is 13.8. The average Bonchev–Trinajstić information content (AvgIpc) is 2.86. The number of halogens is 2. The van der Waals surface area contributed by atoms with Crippen LogP contribution < -0.4 is 5.32 Å². The van der Waals surface area contributed by atoms with Crippen molar-refractivity contribution in [3.63, 3.8) is 0 Å². The number of rotatable bonds is 5. The molecule has 0 aliphatic heterocycles. The molecule has 0 radical (unpaired) electrons. The molecule has 3 nitrogen and oxygen atoms in total. The molecule has 0 aliphatic carbocycles. The van der Waals surface area contributed by atoms with Crippen LogP contribution in [0, 0.1) is 5.82 Å². The molecule has 1 unspecified atom stereocenters. The molecule has 19 heavy (non-hydrogen) atoms. The Morgan fingerprint density at radius 3 is 2.89 bits per heavy atom. The van der Waals surface area contributed by atoms with Gasteiger partial charge >= 0.3 is 0 Å². The highest BCUT2D eigenvalue weighted by Crippen LogP contribution is 2.27. The number of nitrogens with zero attached hydrogens (tertiary/aromatic N) is 2. The molecule has 1 aromatic carbocycles.